The number of carbonyl (C=O) groups is 2. The highest BCUT2D eigenvalue weighted by Gasteiger charge is 2.26. The number of urea groups is 1. The molecule has 0 aliphatic heterocycles. The Bertz CT molecular complexity index is 1130. The van der Waals surface area contributed by atoms with Gasteiger partial charge in [0.15, 0.2) is 9.34 Å². The number of sulfonamides is 1. The van der Waals surface area contributed by atoms with E-state index in [9.17, 15) is 18.0 Å². The number of rotatable bonds is 11. The summed E-state index contributed by atoms with van der Waals surface area (Å²) in [5.74, 6) is 0.683. The van der Waals surface area contributed by atoms with Crippen LogP contribution in [0.5, 0.6) is 5.75 Å². The van der Waals surface area contributed by atoms with Crippen molar-refractivity contribution in [2.24, 2.45) is 0 Å². The molecule has 0 atom stereocenters. The van der Waals surface area contributed by atoms with Crippen molar-refractivity contribution in [2.45, 2.75) is 57.3 Å². The normalized spacial score (nSPS) is 11.6. The Balaban J connectivity index is 2.13. The number of unbranched alkanes of at least 4 members (excludes halogenated alkanes) is 1. The van der Waals surface area contributed by atoms with Gasteiger partial charge < -0.3 is 20.1 Å². The highest BCUT2D eigenvalue weighted by Crippen LogP contribution is 2.30. The van der Waals surface area contributed by atoms with E-state index < -0.39 is 27.7 Å². The number of aromatic nitrogens is 1. The summed E-state index contributed by atoms with van der Waals surface area (Å²) in [6.07, 6.45) is 0.585. The second-order valence-corrected chi connectivity index (χ2v) is 11.8. The van der Waals surface area contributed by atoms with Crippen LogP contribution in [0, 0.1) is 6.92 Å². The largest absolute Gasteiger partial charge is 0.494 e. The van der Waals surface area contributed by atoms with Crippen LogP contribution in [0.15, 0.2) is 28.5 Å². The Labute approximate surface area is 216 Å². The van der Waals surface area contributed by atoms with Crippen molar-refractivity contribution in [3.63, 3.8) is 0 Å². The summed E-state index contributed by atoms with van der Waals surface area (Å²) in [4.78, 5) is 30.8. The van der Waals surface area contributed by atoms with Crippen LogP contribution in [0.3, 0.4) is 0 Å². The van der Waals surface area contributed by atoms with Crippen LogP contribution in [0.2, 0.25) is 0 Å². The molecule has 0 fully saturated rings. The molecule has 0 radical (unpaired) electrons. The molecule has 1 aromatic carbocycles. The number of amides is 3. The van der Waals surface area contributed by atoms with Gasteiger partial charge in [-0.2, -0.15) is 0 Å². The maximum Gasteiger partial charge on any atom is 0.407 e. The predicted molar refractivity (Wildman–Crippen MR) is 141 cm³/mol. The number of carbonyl (C=O) groups excluding carboxylic acids is 2. The number of anilines is 2. The Morgan fingerprint density at radius 2 is 1.81 bits per heavy atom. The molecule has 1 aromatic heterocycles. The second kappa shape index (κ2) is 12.9. The van der Waals surface area contributed by atoms with Crippen molar-refractivity contribution in [3.05, 3.63) is 30.0 Å². The number of hydrogen-bond donors (Lipinski definition) is 3. The molecule has 3 N–H and O–H groups in total. The number of aryl methyl sites for hydroxylation is 1. The number of hydrogen-bond acceptors (Lipinski definition) is 8. The molecular weight excluding hydrogens is 506 g/mol. The molecule has 200 valence electrons. The third kappa shape index (κ3) is 8.95. The van der Waals surface area contributed by atoms with Crippen molar-refractivity contribution in [1.29, 1.82) is 0 Å². The lowest BCUT2D eigenvalue weighted by Gasteiger charge is -2.21. The number of alkyl carbamates (subject to hydrolysis) is 1. The maximum absolute atomic E-state index is 13.2. The van der Waals surface area contributed by atoms with Crippen molar-refractivity contribution in [2.75, 3.05) is 37.0 Å². The number of nitrogens with zero attached hydrogens (tertiary/aromatic N) is 2. The summed E-state index contributed by atoms with van der Waals surface area (Å²) in [5.41, 5.74) is 0.264. The molecule has 0 bridgehead atoms. The molecule has 0 unspecified atom stereocenters. The van der Waals surface area contributed by atoms with Crippen LogP contribution >= 0.6 is 11.3 Å². The summed E-state index contributed by atoms with van der Waals surface area (Å²) >= 11 is 0.916. The lowest BCUT2D eigenvalue weighted by atomic mass is 10.2. The minimum absolute atomic E-state index is 0.0467. The first kappa shape index (κ1) is 29.3. The molecule has 36 heavy (non-hydrogen) atoms. The predicted octanol–water partition coefficient (Wildman–Crippen LogP) is 4.10. The number of benzene rings is 1. The minimum Gasteiger partial charge on any atom is -0.494 e. The minimum atomic E-state index is -3.72. The van der Waals surface area contributed by atoms with Crippen LogP contribution in [0.4, 0.5) is 20.4 Å². The summed E-state index contributed by atoms with van der Waals surface area (Å²) in [7, 11) is -2.40. The molecule has 2 aromatic rings. The molecule has 2 rings (SSSR count). The second-order valence-electron chi connectivity index (χ2n) is 8.75. The monoisotopic (exact) mass is 541 g/mol. The number of thiazole rings is 1. The average Bonchev–Trinajstić information content (AvgIpc) is 3.18. The quantitative estimate of drug-likeness (QED) is 0.364. The molecule has 11 nitrogen and oxygen atoms in total. The molecule has 0 saturated heterocycles. The third-order valence-electron chi connectivity index (χ3n) is 4.62. The van der Waals surface area contributed by atoms with Gasteiger partial charge in [0.2, 0.25) is 0 Å². The van der Waals surface area contributed by atoms with Crippen molar-refractivity contribution in [1.82, 2.24) is 15.0 Å². The highest BCUT2D eigenvalue weighted by molar-refractivity contribution is 7.91. The highest BCUT2D eigenvalue weighted by atomic mass is 32.2. The van der Waals surface area contributed by atoms with Crippen molar-refractivity contribution < 1.29 is 27.5 Å². The van der Waals surface area contributed by atoms with Crippen LogP contribution < -0.4 is 25.0 Å². The van der Waals surface area contributed by atoms with Gasteiger partial charge in [0.1, 0.15) is 11.4 Å². The van der Waals surface area contributed by atoms with E-state index in [1.54, 1.807) is 52.0 Å². The van der Waals surface area contributed by atoms with Gasteiger partial charge in [0.25, 0.3) is 10.0 Å². The molecule has 3 amide bonds. The van der Waals surface area contributed by atoms with Gasteiger partial charge in [0, 0.05) is 18.8 Å². The maximum atomic E-state index is 13.2. The molecule has 0 aliphatic carbocycles. The standard InChI is InChI=1S/C23H35N5O6S2/c1-7-33-18-12-10-17(11-13-18)27-20(29)28(15-9-8-14-25-22(30)34-23(3,4)5)21-26-16(2)19(35-21)36(31,32)24-6/h10-13,24H,7-9,14-15H2,1-6H3,(H,25,30)(H,27,29). The zero-order valence-electron chi connectivity index (χ0n) is 21.5. The molecule has 1 heterocycles. The van der Waals surface area contributed by atoms with E-state index in [0.29, 0.717) is 43.1 Å². The van der Waals surface area contributed by atoms with E-state index in [1.165, 1.54) is 11.9 Å². The first-order chi connectivity index (χ1) is 16.9. The fourth-order valence-corrected chi connectivity index (χ4v) is 5.36. The van der Waals surface area contributed by atoms with Crippen LogP contribution in [0.25, 0.3) is 0 Å². The molecular formula is C23H35N5O6S2. The Morgan fingerprint density at radius 1 is 1.14 bits per heavy atom. The lowest BCUT2D eigenvalue weighted by Crippen LogP contribution is -2.36. The fraction of sp³-hybridized carbons (Fsp3) is 0.522. The summed E-state index contributed by atoms with van der Waals surface area (Å²) in [6.45, 7) is 9.96. The Hall–Kier alpha value is -2.90. The fourth-order valence-electron chi connectivity index (χ4n) is 3.00. The van der Waals surface area contributed by atoms with E-state index in [-0.39, 0.29) is 15.9 Å². The topological polar surface area (TPSA) is 139 Å². The Morgan fingerprint density at radius 3 is 2.39 bits per heavy atom. The lowest BCUT2D eigenvalue weighted by molar-refractivity contribution is 0.0527. The SMILES string of the molecule is CCOc1ccc(NC(=O)N(CCCCNC(=O)OC(C)(C)C)c2nc(C)c(S(=O)(=O)NC)s2)cc1. The van der Waals surface area contributed by atoms with Crippen LogP contribution in [-0.2, 0) is 14.8 Å². The summed E-state index contributed by atoms with van der Waals surface area (Å²) in [5, 5.41) is 5.76. The third-order valence-corrected chi connectivity index (χ3v) is 7.83. The van der Waals surface area contributed by atoms with E-state index in [4.69, 9.17) is 9.47 Å². The Kier molecular flexibility index (Phi) is 10.5. The molecule has 13 heteroatoms. The molecule has 0 aliphatic rings. The molecule has 0 saturated carbocycles. The van der Waals surface area contributed by atoms with Gasteiger partial charge in [-0.15, -0.1) is 0 Å². The number of nitrogens with one attached hydrogen (secondary N) is 3. The zero-order chi connectivity index (χ0) is 26.9. The summed E-state index contributed by atoms with van der Waals surface area (Å²) in [6, 6.07) is 6.47. The van der Waals surface area contributed by atoms with Crippen molar-refractivity contribution >= 4 is 44.3 Å². The van der Waals surface area contributed by atoms with Gasteiger partial charge in [-0.05, 0) is 78.8 Å². The average molecular weight is 542 g/mol. The van der Waals surface area contributed by atoms with E-state index in [1.807, 2.05) is 6.92 Å². The van der Waals surface area contributed by atoms with Crippen LogP contribution in [0.1, 0.15) is 46.2 Å². The summed E-state index contributed by atoms with van der Waals surface area (Å²) < 4.78 is 37.7. The smallest absolute Gasteiger partial charge is 0.407 e. The van der Waals surface area contributed by atoms with Crippen LogP contribution in [-0.4, -0.2) is 57.9 Å². The number of ether oxygens (including phenoxy) is 2. The van der Waals surface area contributed by atoms with Gasteiger partial charge in [-0.3, -0.25) is 4.90 Å². The van der Waals surface area contributed by atoms with Gasteiger partial charge >= 0.3 is 12.1 Å². The first-order valence-electron chi connectivity index (χ1n) is 11.6. The van der Waals surface area contributed by atoms with Gasteiger partial charge in [0.05, 0.1) is 12.3 Å². The first-order valence-corrected chi connectivity index (χ1v) is 13.9. The van der Waals surface area contributed by atoms with Crippen molar-refractivity contribution in [3.8, 4) is 5.75 Å². The van der Waals surface area contributed by atoms with Gasteiger partial charge in [-0.25, -0.2) is 27.7 Å². The van der Waals surface area contributed by atoms with Gasteiger partial charge in [-0.1, -0.05) is 11.3 Å². The van der Waals surface area contributed by atoms with E-state index in [2.05, 4.69) is 20.3 Å². The van der Waals surface area contributed by atoms with E-state index >= 15 is 0 Å². The van der Waals surface area contributed by atoms with E-state index in [0.717, 1.165) is 11.3 Å². The zero-order valence-corrected chi connectivity index (χ0v) is 23.1. The molecule has 0 spiro atoms.